The molecule has 0 aliphatic rings. The number of nitrogens with one attached hydrogen (secondary N) is 1. The first kappa shape index (κ1) is 12.0. The van der Waals surface area contributed by atoms with Crippen LogP contribution in [0.1, 0.15) is 24.7 Å². The van der Waals surface area contributed by atoms with Crippen molar-refractivity contribution in [2.24, 2.45) is 0 Å². The molecule has 17 heavy (non-hydrogen) atoms. The van der Waals surface area contributed by atoms with Crippen LogP contribution in [0.2, 0.25) is 0 Å². The number of furan rings is 1. The molecule has 4 heteroatoms. The van der Waals surface area contributed by atoms with Crippen molar-refractivity contribution in [3.63, 3.8) is 0 Å². The summed E-state index contributed by atoms with van der Waals surface area (Å²) in [6.45, 7) is 5.32. The molecule has 0 radical (unpaired) electrons. The second kappa shape index (κ2) is 4.84. The second-order valence-electron chi connectivity index (χ2n) is 4.07. The molecule has 0 fully saturated rings. The molecular weight excluding hydrogens is 224 g/mol. The van der Waals surface area contributed by atoms with Gasteiger partial charge in [0.2, 0.25) is 5.82 Å². The summed E-state index contributed by atoms with van der Waals surface area (Å²) in [6, 6.07) is 2.68. The highest BCUT2D eigenvalue weighted by molar-refractivity contribution is 5.82. The topological polar surface area (TPSA) is 25.2 Å². The second-order valence-corrected chi connectivity index (χ2v) is 4.07. The van der Waals surface area contributed by atoms with Gasteiger partial charge in [0.15, 0.2) is 11.4 Å². The zero-order valence-electron chi connectivity index (χ0n) is 9.94. The van der Waals surface area contributed by atoms with Crippen molar-refractivity contribution in [2.75, 3.05) is 6.54 Å². The fraction of sp³-hybridized carbons (Fsp3) is 0.385. The zero-order valence-corrected chi connectivity index (χ0v) is 9.94. The molecule has 0 spiro atoms. The quantitative estimate of drug-likeness (QED) is 0.826. The highest BCUT2D eigenvalue weighted by atomic mass is 19.2. The Morgan fingerprint density at radius 1 is 1.29 bits per heavy atom. The van der Waals surface area contributed by atoms with Crippen molar-refractivity contribution in [1.29, 1.82) is 0 Å². The molecule has 2 rings (SSSR count). The number of hydrogen-bond acceptors (Lipinski definition) is 2. The summed E-state index contributed by atoms with van der Waals surface area (Å²) >= 11 is 0. The summed E-state index contributed by atoms with van der Waals surface area (Å²) in [5.74, 6) is -1.12. The van der Waals surface area contributed by atoms with E-state index in [0.29, 0.717) is 17.7 Å². The van der Waals surface area contributed by atoms with Gasteiger partial charge in [-0.3, -0.25) is 0 Å². The number of aryl methyl sites for hydroxylation is 1. The van der Waals surface area contributed by atoms with Crippen molar-refractivity contribution in [3.05, 3.63) is 35.1 Å². The molecule has 0 unspecified atom stereocenters. The van der Waals surface area contributed by atoms with Gasteiger partial charge in [0.1, 0.15) is 5.76 Å². The number of rotatable bonds is 4. The van der Waals surface area contributed by atoms with Gasteiger partial charge in [0, 0.05) is 5.39 Å². The number of benzene rings is 1. The summed E-state index contributed by atoms with van der Waals surface area (Å²) in [5.41, 5.74) is 0.873. The largest absolute Gasteiger partial charge is 0.456 e. The van der Waals surface area contributed by atoms with Crippen LogP contribution in [0.4, 0.5) is 8.78 Å². The van der Waals surface area contributed by atoms with E-state index in [1.807, 2.05) is 6.92 Å². The predicted molar refractivity (Wildman–Crippen MR) is 62.9 cm³/mol. The summed E-state index contributed by atoms with van der Waals surface area (Å²) in [6.07, 6.45) is 1.02. The van der Waals surface area contributed by atoms with E-state index in [2.05, 4.69) is 12.2 Å². The van der Waals surface area contributed by atoms with Crippen LogP contribution in [-0.4, -0.2) is 6.54 Å². The van der Waals surface area contributed by atoms with E-state index in [1.54, 1.807) is 6.07 Å². The smallest absolute Gasteiger partial charge is 0.201 e. The minimum atomic E-state index is -0.910. The van der Waals surface area contributed by atoms with Gasteiger partial charge in [-0.05, 0) is 37.6 Å². The van der Waals surface area contributed by atoms with Gasteiger partial charge in [0.05, 0.1) is 6.54 Å². The maximum atomic E-state index is 13.5. The van der Waals surface area contributed by atoms with E-state index >= 15 is 0 Å². The molecule has 1 N–H and O–H groups in total. The minimum absolute atomic E-state index is 0.01000. The minimum Gasteiger partial charge on any atom is -0.456 e. The predicted octanol–water partition coefficient (Wildman–Crippen LogP) is 3.52. The number of hydrogen-bond donors (Lipinski definition) is 1. The standard InChI is InChI=1S/C13H15F2NO/c1-3-6-16-7-11-8(2)9-4-5-10(14)12(15)13(9)17-11/h4-5,16H,3,6-7H2,1-2H3. The first-order chi connectivity index (χ1) is 8.15. The lowest BCUT2D eigenvalue weighted by Gasteiger charge is -2.00. The van der Waals surface area contributed by atoms with Crippen LogP contribution in [0.3, 0.4) is 0 Å². The van der Waals surface area contributed by atoms with Gasteiger partial charge >= 0.3 is 0 Å². The number of halogens is 2. The van der Waals surface area contributed by atoms with Crippen LogP contribution >= 0.6 is 0 Å². The van der Waals surface area contributed by atoms with E-state index in [4.69, 9.17) is 4.42 Å². The lowest BCUT2D eigenvalue weighted by Crippen LogP contribution is -2.13. The maximum absolute atomic E-state index is 13.5. The van der Waals surface area contributed by atoms with E-state index in [0.717, 1.165) is 24.6 Å². The summed E-state index contributed by atoms with van der Waals surface area (Å²) in [7, 11) is 0. The SMILES string of the molecule is CCCNCc1oc2c(F)c(F)ccc2c1C. The molecule has 1 aromatic heterocycles. The summed E-state index contributed by atoms with van der Waals surface area (Å²) < 4.78 is 31.9. The van der Waals surface area contributed by atoms with Gasteiger partial charge in [-0.2, -0.15) is 4.39 Å². The van der Waals surface area contributed by atoms with Gasteiger partial charge in [-0.15, -0.1) is 0 Å². The Labute approximate surface area is 98.6 Å². The third-order valence-electron chi connectivity index (χ3n) is 2.81. The highest BCUT2D eigenvalue weighted by Gasteiger charge is 2.16. The fourth-order valence-corrected chi connectivity index (χ4v) is 1.82. The lowest BCUT2D eigenvalue weighted by molar-refractivity contribution is 0.467. The Balaban J connectivity index is 2.39. The van der Waals surface area contributed by atoms with Crippen LogP contribution in [0.25, 0.3) is 11.0 Å². The van der Waals surface area contributed by atoms with Gasteiger partial charge in [-0.25, -0.2) is 4.39 Å². The molecule has 0 saturated heterocycles. The van der Waals surface area contributed by atoms with Crippen molar-refractivity contribution >= 4 is 11.0 Å². The zero-order chi connectivity index (χ0) is 12.4. The van der Waals surface area contributed by atoms with Crippen LogP contribution in [0.15, 0.2) is 16.5 Å². The fourth-order valence-electron chi connectivity index (χ4n) is 1.82. The molecule has 1 aromatic carbocycles. The van der Waals surface area contributed by atoms with E-state index in [-0.39, 0.29) is 5.58 Å². The molecule has 0 amide bonds. The third-order valence-corrected chi connectivity index (χ3v) is 2.81. The maximum Gasteiger partial charge on any atom is 0.201 e. The average Bonchev–Trinajstić information content (AvgIpc) is 2.63. The van der Waals surface area contributed by atoms with E-state index < -0.39 is 11.6 Å². The molecular formula is C13H15F2NO. The first-order valence-electron chi connectivity index (χ1n) is 5.71. The Morgan fingerprint density at radius 3 is 2.76 bits per heavy atom. The molecule has 2 aromatic rings. The molecule has 2 nitrogen and oxygen atoms in total. The van der Waals surface area contributed by atoms with Crippen LogP contribution in [0, 0.1) is 18.6 Å². The monoisotopic (exact) mass is 239 g/mol. The third kappa shape index (κ3) is 2.17. The highest BCUT2D eigenvalue weighted by Crippen LogP contribution is 2.28. The van der Waals surface area contributed by atoms with Crippen molar-refractivity contribution in [1.82, 2.24) is 5.32 Å². The van der Waals surface area contributed by atoms with Gasteiger partial charge in [-0.1, -0.05) is 6.92 Å². The molecule has 0 aliphatic carbocycles. The molecule has 1 heterocycles. The Kier molecular flexibility index (Phi) is 3.43. The van der Waals surface area contributed by atoms with E-state index in [1.165, 1.54) is 0 Å². The Bertz CT molecular complexity index is 534. The number of fused-ring (bicyclic) bond motifs is 1. The van der Waals surface area contributed by atoms with E-state index in [9.17, 15) is 8.78 Å². The summed E-state index contributed by atoms with van der Waals surface area (Å²) in [4.78, 5) is 0. The molecule has 0 aliphatic heterocycles. The molecule has 0 saturated carbocycles. The first-order valence-corrected chi connectivity index (χ1v) is 5.71. The lowest BCUT2D eigenvalue weighted by atomic mass is 10.1. The van der Waals surface area contributed by atoms with Crippen molar-refractivity contribution in [2.45, 2.75) is 26.8 Å². The normalized spacial score (nSPS) is 11.3. The summed E-state index contributed by atoms with van der Waals surface area (Å²) in [5, 5.41) is 3.81. The Hall–Kier alpha value is -1.42. The molecule has 0 atom stereocenters. The van der Waals surface area contributed by atoms with Crippen molar-refractivity contribution in [3.8, 4) is 0 Å². The van der Waals surface area contributed by atoms with Crippen LogP contribution in [-0.2, 0) is 6.54 Å². The van der Waals surface area contributed by atoms with Crippen LogP contribution < -0.4 is 5.32 Å². The molecule has 0 bridgehead atoms. The van der Waals surface area contributed by atoms with Gasteiger partial charge in [0.25, 0.3) is 0 Å². The Morgan fingerprint density at radius 2 is 2.06 bits per heavy atom. The molecule has 92 valence electrons. The average molecular weight is 239 g/mol. The van der Waals surface area contributed by atoms with Gasteiger partial charge < -0.3 is 9.73 Å². The van der Waals surface area contributed by atoms with Crippen molar-refractivity contribution < 1.29 is 13.2 Å². The van der Waals surface area contributed by atoms with Crippen LogP contribution in [0.5, 0.6) is 0 Å².